The van der Waals surface area contributed by atoms with Gasteiger partial charge in [0, 0.05) is 37.7 Å². The highest BCUT2D eigenvalue weighted by Gasteiger charge is 2.46. The molecule has 2 aromatic rings. The van der Waals surface area contributed by atoms with Gasteiger partial charge in [0.25, 0.3) is 11.8 Å². The number of carbonyl (C=O) groups excluding carboxylic acids is 1. The first-order valence-corrected chi connectivity index (χ1v) is 9.13. The summed E-state index contributed by atoms with van der Waals surface area (Å²) in [5.41, 5.74) is -1.35. The molecule has 8 heteroatoms. The predicted molar refractivity (Wildman–Crippen MR) is 93.4 cm³/mol. The highest BCUT2D eigenvalue weighted by atomic mass is 19.1. The van der Waals surface area contributed by atoms with Crippen molar-refractivity contribution in [2.75, 3.05) is 33.4 Å². The zero-order valence-electron chi connectivity index (χ0n) is 15.2. The van der Waals surface area contributed by atoms with Crippen LogP contribution in [-0.2, 0) is 10.4 Å². The molecule has 2 aliphatic rings. The van der Waals surface area contributed by atoms with Crippen LogP contribution in [0.15, 0.2) is 28.8 Å². The third-order valence-electron chi connectivity index (χ3n) is 5.23. The molecule has 144 valence electrons. The van der Waals surface area contributed by atoms with E-state index in [-0.39, 0.29) is 30.7 Å². The molecule has 0 aliphatic carbocycles. The molecule has 2 aliphatic heterocycles. The summed E-state index contributed by atoms with van der Waals surface area (Å²) >= 11 is 0. The van der Waals surface area contributed by atoms with E-state index in [1.807, 2.05) is 0 Å². The van der Waals surface area contributed by atoms with Gasteiger partial charge in [-0.05, 0) is 31.0 Å². The molecule has 2 fully saturated rings. The maximum absolute atomic E-state index is 15.5. The fourth-order valence-electron chi connectivity index (χ4n) is 3.60. The summed E-state index contributed by atoms with van der Waals surface area (Å²) in [5.74, 6) is 0.978. The summed E-state index contributed by atoms with van der Waals surface area (Å²) in [7, 11) is 1.54. The van der Waals surface area contributed by atoms with E-state index in [1.54, 1.807) is 24.3 Å². The van der Waals surface area contributed by atoms with E-state index in [4.69, 9.17) is 14.0 Å². The fourth-order valence-corrected chi connectivity index (χ4v) is 3.60. The molecule has 2 saturated heterocycles. The minimum atomic E-state index is -1.81. The largest absolute Gasteiger partial charge is 0.497 e. The second-order valence-corrected chi connectivity index (χ2v) is 7.02. The van der Waals surface area contributed by atoms with Gasteiger partial charge in [-0.1, -0.05) is 11.2 Å². The van der Waals surface area contributed by atoms with E-state index < -0.39 is 5.67 Å². The van der Waals surface area contributed by atoms with Gasteiger partial charge in [-0.25, -0.2) is 4.39 Å². The standard InChI is InChI=1S/C19H22FN3O4/c1-25-15-4-2-3-14(11-15)17(24)23-8-7-19(20,12-23)18-21-16(22-27-18)13-5-9-26-10-6-13/h2-4,11,13H,5-10,12H2,1H3. The van der Waals surface area contributed by atoms with Crippen molar-refractivity contribution in [3.8, 4) is 5.75 Å². The van der Waals surface area contributed by atoms with Crippen LogP contribution in [0.3, 0.4) is 0 Å². The van der Waals surface area contributed by atoms with Gasteiger partial charge < -0.3 is 18.9 Å². The maximum Gasteiger partial charge on any atom is 0.266 e. The van der Waals surface area contributed by atoms with Gasteiger partial charge in [0.1, 0.15) is 5.75 Å². The Bertz CT molecular complexity index is 821. The maximum atomic E-state index is 15.5. The number of aromatic nitrogens is 2. The third-order valence-corrected chi connectivity index (χ3v) is 5.23. The van der Waals surface area contributed by atoms with Crippen LogP contribution < -0.4 is 4.74 Å². The van der Waals surface area contributed by atoms with Crippen molar-refractivity contribution < 1.29 is 23.2 Å². The quantitative estimate of drug-likeness (QED) is 0.818. The van der Waals surface area contributed by atoms with Crippen LogP contribution in [0.25, 0.3) is 0 Å². The number of ether oxygens (including phenoxy) is 2. The molecule has 4 rings (SSSR count). The van der Waals surface area contributed by atoms with Gasteiger partial charge in [-0.2, -0.15) is 4.98 Å². The number of halogens is 1. The molecule has 0 radical (unpaired) electrons. The molecule has 7 nitrogen and oxygen atoms in total. The van der Waals surface area contributed by atoms with Crippen molar-refractivity contribution in [2.45, 2.75) is 30.8 Å². The van der Waals surface area contributed by atoms with E-state index in [2.05, 4.69) is 10.1 Å². The van der Waals surface area contributed by atoms with Crippen LogP contribution in [0, 0.1) is 0 Å². The van der Waals surface area contributed by atoms with Gasteiger partial charge >= 0.3 is 0 Å². The van der Waals surface area contributed by atoms with E-state index in [1.165, 1.54) is 12.0 Å². The van der Waals surface area contributed by atoms with Crippen LogP contribution in [-0.4, -0.2) is 54.4 Å². The van der Waals surface area contributed by atoms with E-state index in [0.717, 1.165) is 12.8 Å². The number of nitrogens with zero attached hydrogens (tertiary/aromatic N) is 3. The van der Waals surface area contributed by atoms with Crippen molar-refractivity contribution in [2.24, 2.45) is 0 Å². The Kier molecular flexibility index (Phi) is 4.82. The zero-order valence-corrected chi connectivity index (χ0v) is 15.2. The summed E-state index contributed by atoms with van der Waals surface area (Å²) in [4.78, 5) is 18.5. The Morgan fingerprint density at radius 2 is 2.19 bits per heavy atom. The van der Waals surface area contributed by atoms with Crippen LogP contribution >= 0.6 is 0 Å². The van der Waals surface area contributed by atoms with E-state index >= 15 is 4.39 Å². The summed E-state index contributed by atoms with van der Waals surface area (Å²) in [5, 5.41) is 3.98. The Labute approximate surface area is 156 Å². The average molecular weight is 375 g/mol. The minimum Gasteiger partial charge on any atom is -0.497 e. The van der Waals surface area contributed by atoms with Gasteiger partial charge in [-0.3, -0.25) is 4.79 Å². The molecule has 1 unspecified atom stereocenters. The SMILES string of the molecule is COc1cccc(C(=O)N2CCC(F)(c3nc(C4CCOCC4)no3)C2)c1. The van der Waals surface area contributed by atoms with Crippen molar-refractivity contribution in [1.29, 1.82) is 0 Å². The second-order valence-electron chi connectivity index (χ2n) is 7.02. The second kappa shape index (κ2) is 7.26. The summed E-state index contributed by atoms with van der Waals surface area (Å²) < 4.78 is 31.2. The molecule has 27 heavy (non-hydrogen) atoms. The lowest BCUT2D eigenvalue weighted by molar-refractivity contribution is 0.0716. The zero-order chi connectivity index (χ0) is 18.9. The monoisotopic (exact) mass is 375 g/mol. The first-order valence-electron chi connectivity index (χ1n) is 9.13. The van der Waals surface area contributed by atoms with Crippen LogP contribution in [0.5, 0.6) is 5.75 Å². The number of methoxy groups -OCH3 is 1. The van der Waals surface area contributed by atoms with E-state index in [0.29, 0.717) is 36.9 Å². The predicted octanol–water partition coefficient (Wildman–Crippen LogP) is 2.68. The number of likely N-dealkylation sites (tertiary alicyclic amines) is 1. The Morgan fingerprint density at radius 3 is 2.96 bits per heavy atom. The highest BCUT2D eigenvalue weighted by Crippen LogP contribution is 2.37. The molecule has 1 aromatic heterocycles. The molecule has 0 spiro atoms. The lowest BCUT2D eigenvalue weighted by Gasteiger charge is -2.19. The first-order chi connectivity index (χ1) is 13.1. The molecule has 0 bridgehead atoms. The van der Waals surface area contributed by atoms with Crippen molar-refractivity contribution >= 4 is 5.91 Å². The van der Waals surface area contributed by atoms with Gasteiger partial charge in [0.2, 0.25) is 5.67 Å². The van der Waals surface area contributed by atoms with Gasteiger partial charge in [0.15, 0.2) is 5.82 Å². The smallest absolute Gasteiger partial charge is 0.266 e. The van der Waals surface area contributed by atoms with Crippen LogP contribution in [0.2, 0.25) is 0 Å². The Balaban J connectivity index is 1.47. The number of amides is 1. The molecule has 1 aromatic carbocycles. The topological polar surface area (TPSA) is 77.7 Å². The van der Waals surface area contributed by atoms with Crippen molar-refractivity contribution in [3.63, 3.8) is 0 Å². The van der Waals surface area contributed by atoms with Crippen molar-refractivity contribution in [3.05, 3.63) is 41.5 Å². The molecule has 1 amide bonds. The lowest BCUT2D eigenvalue weighted by Crippen LogP contribution is -2.32. The number of rotatable bonds is 4. The number of alkyl halides is 1. The minimum absolute atomic E-state index is 0.0371. The molecular formula is C19H22FN3O4. The van der Waals surface area contributed by atoms with Crippen LogP contribution in [0.4, 0.5) is 4.39 Å². The van der Waals surface area contributed by atoms with Crippen LogP contribution in [0.1, 0.15) is 47.3 Å². The molecular weight excluding hydrogens is 353 g/mol. The Morgan fingerprint density at radius 1 is 1.37 bits per heavy atom. The number of benzene rings is 1. The highest BCUT2D eigenvalue weighted by molar-refractivity contribution is 5.94. The molecule has 3 heterocycles. The number of hydrogen-bond acceptors (Lipinski definition) is 6. The first kappa shape index (κ1) is 17.9. The fraction of sp³-hybridized carbons (Fsp3) is 0.526. The molecule has 0 saturated carbocycles. The third kappa shape index (κ3) is 3.53. The summed E-state index contributed by atoms with van der Waals surface area (Å²) in [6, 6.07) is 6.84. The molecule has 1 atom stereocenters. The van der Waals surface area contributed by atoms with Gasteiger partial charge in [0.05, 0.1) is 13.7 Å². The van der Waals surface area contributed by atoms with E-state index in [9.17, 15) is 4.79 Å². The summed E-state index contributed by atoms with van der Waals surface area (Å²) in [6.45, 7) is 1.50. The van der Waals surface area contributed by atoms with Crippen molar-refractivity contribution in [1.82, 2.24) is 15.0 Å². The number of hydrogen-bond donors (Lipinski definition) is 0. The lowest BCUT2D eigenvalue weighted by atomic mass is 9.99. The summed E-state index contributed by atoms with van der Waals surface area (Å²) in [6.07, 6.45) is 1.75. The normalized spacial score (nSPS) is 23.6. The average Bonchev–Trinajstić information content (AvgIpc) is 3.36. The number of carbonyl (C=O) groups is 1. The van der Waals surface area contributed by atoms with Gasteiger partial charge in [-0.15, -0.1) is 0 Å². The molecule has 0 N–H and O–H groups in total. The Hall–Kier alpha value is -2.48.